The van der Waals surface area contributed by atoms with Gasteiger partial charge in [0, 0.05) is 5.69 Å². The minimum Gasteiger partial charge on any atom is -0.280 e. The quantitative estimate of drug-likeness (QED) is 0.573. The maximum absolute atomic E-state index is 13.2. The van der Waals surface area contributed by atoms with E-state index in [1.54, 1.807) is 37.3 Å². The average Bonchev–Trinajstić information content (AvgIpc) is 3.42. The predicted octanol–water partition coefficient (Wildman–Crippen LogP) is 3.67. The van der Waals surface area contributed by atoms with E-state index in [1.807, 2.05) is 25.1 Å². The number of aryl methyl sites for hydroxylation is 1. The number of imide groups is 1. The highest BCUT2D eigenvalue weighted by atomic mass is 32.2. The van der Waals surface area contributed by atoms with Crippen LogP contribution in [-0.2, 0) is 26.0 Å². The fraction of sp³-hybridized carbons (Fsp3) is 0.333. The van der Waals surface area contributed by atoms with Crippen molar-refractivity contribution in [2.75, 3.05) is 9.62 Å². The summed E-state index contributed by atoms with van der Waals surface area (Å²) in [5.74, 6) is -0.854. The van der Waals surface area contributed by atoms with E-state index >= 15 is 0 Å². The summed E-state index contributed by atoms with van der Waals surface area (Å²) in [4.78, 5) is 27.8. The smallest absolute Gasteiger partial charge is 0.262 e. The molecule has 1 saturated heterocycles. The van der Waals surface area contributed by atoms with Gasteiger partial charge >= 0.3 is 0 Å². The molecule has 3 aliphatic rings. The van der Waals surface area contributed by atoms with E-state index in [4.69, 9.17) is 0 Å². The first-order valence-corrected chi connectivity index (χ1v) is 12.1. The van der Waals surface area contributed by atoms with E-state index in [2.05, 4.69) is 4.72 Å². The zero-order valence-electron chi connectivity index (χ0n) is 17.4. The molecule has 4 atom stereocenters. The van der Waals surface area contributed by atoms with Gasteiger partial charge in [-0.2, -0.15) is 0 Å². The predicted molar refractivity (Wildman–Crippen MR) is 118 cm³/mol. The molecule has 6 nitrogen and oxygen atoms in total. The number of hydrogen-bond acceptors (Lipinski definition) is 4. The molecule has 2 aromatic rings. The third kappa shape index (κ3) is 3.02. The average molecular weight is 437 g/mol. The van der Waals surface area contributed by atoms with Crippen molar-refractivity contribution >= 4 is 33.2 Å². The summed E-state index contributed by atoms with van der Waals surface area (Å²) < 4.78 is 29.0. The summed E-state index contributed by atoms with van der Waals surface area (Å²) in [7, 11) is -3.90. The molecule has 0 radical (unpaired) electrons. The van der Waals surface area contributed by atoms with Crippen molar-refractivity contribution in [1.29, 1.82) is 0 Å². The Balaban J connectivity index is 1.57. The highest BCUT2D eigenvalue weighted by Gasteiger charge is 2.59. The lowest BCUT2D eigenvalue weighted by Crippen LogP contribution is -2.33. The van der Waals surface area contributed by atoms with Crippen LogP contribution in [0.1, 0.15) is 24.5 Å². The first kappa shape index (κ1) is 20.0. The summed E-state index contributed by atoms with van der Waals surface area (Å²) in [6.07, 6.45) is 5.54. The molecule has 0 aromatic heterocycles. The molecule has 2 aliphatic carbocycles. The maximum atomic E-state index is 13.2. The van der Waals surface area contributed by atoms with Gasteiger partial charge in [-0.15, -0.1) is 0 Å². The van der Waals surface area contributed by atoms with Crippen LogP contribution < -0.4 is 9.62 Å². The largest absolute Gasteiger partial charge is 0.280 e. The Hall–Kier alpha value is -2.93. The van der Waals surface area contributed by atoms with Gasteiger partial charge in [0.25, 0.3) is 10.0 Å². The third-order valence-electron chi connectivity index (χ3n) is 6.88. The molecule has 1 aliphatic heterocycles. The standard InChI is InChI=1S/C24H24N2O4S/c1-3-15-12-19(26-23(27)21-16-9-10-17(11-16)22(21)24(26)28)13-20(14(15)2)31(29,30)25-18-7-5-4-6-8-18/h4-10,12-13,16-17,21-22,25H,3,11H2,1-2H3. The summed E-state index contributed by atoms with van der Waals surface area (Å²) in [5.41, 5.74) is 2.22. The zero-order valence-corrected chi connectivity index (χ0v) is 18.2. The Bertz CT molecular complexity index is 1190. The lowest BCUT2D eigenvalue weighted by atomic mass is 9.85. The Morgan fingerprint density at radius 3 is 2.19 bits per heavy atom. The zero-order chi connectivity index (χ0) is 21.9. The molecule has 2 bridgehead atoms. The topological polar surface area (TPSA) is 83.6 Å². The number of benzene rings is 2. The summed E-state index contributed by atoms with van der Waals surface area (Å²) in [5, 5.41) is 0. The molecule has 0 spiro atoms. The Kier molecular flexibility index (Phi) is 4.55. The minimum atomic E-state index is -3.90. The molecule has 1 heterocycles. The number of anilines is 2. The first-order valence-electron chi connectivity index (χ1n) is 10.6. The summed E-state index contributed by atoms with van der Waals surface area (Å²) in [6.45, 7) is 3.69. The lowest BCUT2D eigenvalue weighted by Gasteiger charge is -2.21. The monoisotopic (exact) mass is 436 g/mol. The molecule has 4 unspecified atom stereocenters. The van der Waals surface area contributed by atoms with Crippen molar-refractivity contribution in [2.45, 2.75) is 31.6 Å². The minimum absolute atomic E-state index is 0.0875. The number of fused-ring (bicyclic) bond motifs is 5. The number of hydrogen-bond donors (Lipinski definition) is 1. The number of allylic oxidation sites excluding steroid dienone is 2. The SMILES string of the molecule is CCc1cc(N2C(=O)C3C4C=CC(C4)C3C2=O)cc(S(=O)(=O)Nc2ccccc2)c1C. The number of nitrogens with zero attached hydrogens (tertiary/aromatic N) is 1. The van der Waals surface area contributed by atoms with Crippen molar-refractivity contribution < 1.29 is 18.0 Å². The van der Waals surface area contributed by atoms with E-state index in [0.29, 0.717) is 23.4 Å². The lowest BCUT2D eigenvalue weighted by molar-refractivity contribution is -0.123. The number of nitrogens with one attached hydrogen (secondary N) is 1. The molecular weight excluding hydrogens is 412 g/mol. The molecule has 160 valence electrons. The van der Waals surface area contributed by atoms with Gasteiger partial charge in [0.05, 0.1) is 22.4 Å². The number of carbonyl (C=O) groups is 2. The fourth-order valence-electron chi connectivity index (χ4n) is 5.38. The van der Waals surface area contributed by atoms with Gasteiger partial charge in [0.2, 0.25) is 11.8 Å². The van der Waals surface area contributed by atoms with Gasteiger partial charge < -0.3 is 0 Å². The molecule has 5 rings (SSSR count). The molecular formula is C24H24N2O4S. The Morgan fingerprint density at radius 1 is 1.00 bits per heavy atom. The van der Waals surface area contributed by atoms with Gasteiger partial charge in [-0.1, -0.05) is 37.3 Å². The van der Waals surface area contributed by atoms with Crippen molar-refractivity contribution in [3.63, 3.8) is 0 Å². The molecule has 2 fully saturated rings. The van der Waals surface area contributed by atoms with E-state index in [9.17, 15) is 18.0 Å². The van der Waals surface area contributed by atoms with Crippen LogP contribution in [0.3, 0.4) is 0 Å². The number of sulfonamides is 1. The van der Waals surface area contributed by atoms with Crippen LogP contribution in [0.25, 0.3) is 0 Å². The molecule has 1 saturated carbocycles. The highest BCUT2D eigenvalue weighted by Crippen LogP contribution is 2.53. The summed E-state index contributed by atoms with van der Waals surface area (Å²) >= 11 is 0. The van der Waals surface area contributed by atoms with E-state index in [1.165, 1.54) is 11.0 Å². The van der Waals surface area contributed by atoms with Gasteiger partial charge in [0.15, 0.2) is 0 Å². The van der Waals surface area contributed by atoms with Crippen molar-refractivity contribution in [1.82, 2.24) is 0 Å². The van der Waals surface area contributed by atoms with E-state index in [0.717, 1.165) is 12.0 Å². The molecule has 2 amide bonds. The van der Waals surface area contributed by atoms with Crippen molar-refractivity contribution in [3.05, 3.63) is 65.7 Å². The van der Waals surface area contributed by atoms with Gasteiger partial charge in [-0.3, -0.25) is 14.3 Å². The second-order valence-corrected chi connectivity index (χ2v) is 10.2. The van der Waals surface area contributed by atoms with Crippen LogP contribution in [0.2, 0.25) is 0 Å². The van der Waals surface area contributed by atoms with Crippen molar-refractivity contribution in [2.24, 2.45) is 23.7 Å². The number of rotatable bonds is 5. The number of amides is 2. The normalized spacial score (nSPS) is 26.6. The van der Waals surface area contributed by atoms with E-state index < -0.39 is 10.0 Å². The second kappa shape index (κ2) is 7.05. The molecule has 2 aromatic carbocycles. The van der Waals surface area contributed by atoms with Crippen LogP contribution in [-0.4, -0.2) is 20.2 Å². The second-order valence-electron chi connectivity index (χ2n) is 8.56. The number of carbonyl (C=O) groups excluding carboxylic acids is 2. The Morgan fingerprint density at radius 2 is 1.61 bits per heavy atom. The molecule has 7 heteroatoms. The first-order chi connectivity index (χ1) is 14.8. The van der Waals surface area contributed by atoms with Crippen LogP contribution >= 0.6 is 0 Å². The number of para-hydroxylation sites is 1. The van der Waals surface area contributed by atoms with Crippen molar-refractivity contribution in [3.8, 4) is 0 Å². The molecule has 31 heavy (non-hydrogen) atoms. The Labute approximate surface area is 182 Å². The van der Waals surface area contributed by atoms with Gasteiger partial charge in [0.1, 0.15) is 0 Å². The van der Waals surface area contributed by atoms with Crippen LogP contribution in [0.15, 0.2) is 59.5 Å². The van der Waals surface area contributed by atoms with Gasteiger partial charge in [-0.05, 0) is 67.0 Å². The van der Waals surface area contributed by atoms with Crippen LogP contribution in [0, 0.1) is 30.6 Å². The van der Waals surface area contributed by atoms with E-state index in [-0.39, 0.29) is 40.4 Å². The molecule has 1 N–H and O–H groups in total. The summed E-state index contributed by atoms with van der Waals surface area (Å²) in [6, 6.07) is 11.9. The van der Waals surface area contributed by atoms with Crippen LogP contribution in [0.5, 0.6) is 0 Å². The highest BCUT2D eigenvalue weighted by molar-refractivity contribution is 7.92. The third-order valence-corrected chi connectivity index (χ3v) is 8.38. The van der Waals surface area contributed by atoms with Gasteiger partial charge in [-0.25, -0.2) is 13.3 Å². The maximum Gasteiger partial charge on any atom is 0.262 e. The van der Waals surface area contributed by atoms with Crippen LogP contribution in [0.4, 0.5) is 11.4 Å². The fourth-order valence-corrected chi connectivity index (χ4v) is 6.74.